The molecule has 12 heteroatoms. The summed E-state index contributed by atoms with van der Waals surface area (Å²) in [7, 11) is -2.13. The Morgan fingerprint density at radius 1 is 1.15 bits per heavy atom. The van der Waals surface area contributed by atoms with Gasteiger partial charge in [0, 0.05) is 36.1 Å². The third-order valence-electron chi connectivity index (χ3n) is 6.88. The lowest BCUT2D eigenvalue weighted by molar-refractivity contribution is -0.131. The number of nitrogens with zero attached hydrogens (tertiary/aromatic N) is 4. The number of hydrogen-bond acceptors (Lipinski definition) is 6. The maximum absolute atomic E-state index is 13.0. The quantitative estimate of drug-likeness (QED) is 0.396. The molecule has 1 aromatic heterocycles. The number of rotatable bonds is 9. The Kier molecular flexibility index (Phi) is 7.34. The molecule has 10 nitrogen and oxygen atoms in total. The summed E-state index contributed by atoms with van der Waals surface area (Å²) >= 11 is 3.43. The number of amides is 2. The summed E-state index contributed by atoms with van der Waals surface area (Å²) < 4.78 is 29.9. The molecule has 0 saturated heterocycles. The molecule has 204 valence electrons. The molecule has 1 N–H and O–H groups in total. The van der Waals surface area contributed by atoms with Crippen LogP contribution in [-0.2, 0) is 19.6 Å². The van der Waals surface area contributed by atoms with Crippen molar-refractivity contribution >= 4 is 60.1 Å². The van der Waals surface area contributed by atoms with Crippen molar-refractivity contribution in [3.8, 4) is 5.69 Å². The normalized spacial score (nSPS) is 15.7. The highest BCUT2D eigenvalue weighted by Crippen LogP contribution is 2.46. The van der Waals surface area contributed by atoms with Crippen molar-refractivity contribution in [3.63, 3.8) is 0 Å². The standard InChI is InChI=1S/C27H28BrN5O5S/c1-29-27(36)26-22-14-21(17-4-5-17)24(15-23(22)30-33(26)19-8-6-18(28)7-9-19)32(39(2,37)38)13-3-12-31-16-20(34)10-11-25(31)35/h6-11,14-15,17H,3-5,12-13,16H2,1-2H3,(H,29,36). The third-order valence-corrected chi connectivity index (χ3v) is 8.59. The summed E-state index contributed by atoms with van der Waals surface area (Å²) in [6.07, 6.45) is 5.85. The lowest BCUT2D eigenvalue weighted by Crippen LogP contribution is -2.40. The molecule has 5 rings (SSSR count). The van der Waals surface area contributed by atoms with Gasteiger partial charge in [-0.3, -0.25) is 18.7 Å². The smallest absolute Gasteiger partial charge is 0.270 e. The van der Waals surface area contributed by atoms with E-state index in [1.165, 1.54) is 21.4 Å². The first kappa shape index (κ1) is 27.1. The molecule has 0 bridgehead atoms. The van der Waals surface area contributed by atoms with Crippen molar-refractivity contribution < 1.29 is 22.8 Å². The molecule has 0 spiro atoms. The van der Waals surface area contributed by atoms with Gasteiger partial charge in [0.2, 0.25) is 15.9 Å². The summed E-state index contributed by atoms with van der Waals surface area (Å²) in [5.41, 5.74) is 2.93. The molecule has 2 amide bonds. The van der Waals surface area contributed by atoms with Gasteiger partial charge in [-0.05, 0) is 73.2 Å². The topological polar surface area (TPSA) is 122 Å². The Morgan fingerprint density at radius 3 is 2.51 bits per heavy atom. The molecule has 0 atom stereocenters. The van der Waals surface area contributed by atoms with Crippen molar-refractivity contribution in [2.45, 2.75) is 25.2 Å². The average Bonchev–Trinajstić information content (AvgIpc) is 3.67. The largest absolute Gasteiger partial charge is 0.354 e. The van der Waals surface area contributed by atoms with Gasteiger partial charge in [-0.2, -0.15) is 5.10 Å². The molecule has 1 aliphatic heterocycles. The number of hydrogen-bond donors (Lipinski definition) is 1. The maximum Gasteiger partial charge on any atom is 0.270 e. The molecular weight excluding hydrogens is 586 g/mol. The van der Waals surface area contributed by atoms with E-state index in [4.69, 9.17) is 5.10 Å². The van der Waals surface area contributed by atoms with Gasteiger partial charge in [-0.1, -0.05) is 15.9 Å². The minimum Gasteiger partial charge on any atom is -0.354 e. The molecule has 2 aromatic carbocycles. The van der Waals surface area contributed by atoms with Crippen molar-refractivity contribution in [1.29, 1.82) is 0 Å². The summed E-state index contributed by atoms with van der Waals surface area (Å²) in [6, 6.07) is 11.0. The van der Waals surface area contributed by atoms with Crippen LogP contribution in [0.15, 0.2) is 53.0 Å². The van der Waals surface area contributed by atoms with E-state index in [2.05, 4.69) is 21.2 Å². The number of fused-ring (bicyclic) bond motifs is 1. The number of nitrogens with one attached hydrogen (secondary N) is 1. The van der Waals surface area contributed by atoms with Gasteiger partial charge in [0.1, 0.15) is 5.69 Å². The van der Waals surface area contributed by atoms with E-state index >= 15 is 0 Å². The molecule has 1 saturated carbocycles. The van der Waals surface area contributed by atoms with Gasteiger partial charge in [0.05, 0.1) is 29.7 Å². The SMILES string of the molecule is CNC(=O)c1c2cc(C3CC3)c(N(CCCN3CC(=O)C=CC3=O)S(C)(=O)=O)cc2nn1-c1ccc(Br)cc1. The van der Waals surface area contributed by atoms with Crippen molar-refractivity contribution in [2.75, 3.05) is 37.2 Å². The first-order valence-electron chi connectivity index (χ1n) is 12.6. The Balaban J connectivity index is 1.56. The molecule has 0 unspecified atom stereocenters. The molecule has 2 heterocycles. The Hall–Kier alpha value is -3.51. The highest BCUT2D eigenvalue weighted by molar-refractivity contribution is 9.10. The number of ketones is 1. The highest BCUT2D eigenvalue weighted by atomic mass is 79.9. The van der Waals surface area contributed by atoms with Gasteiger partial charge in [0.25, 0.3) is 5.91 Å². The van der Waals surface area contributed by atoms with Crippen LogP contribution in [0.5, 0.6) is 0 Å². The molecule has 1 fully saturated rings. The molecular formula is C27H28BrN5O5S. The van der Waals surface area contributed by atoms with Crippen LogP contribution < -0.4 is 9.62 Å². The summed E-state index contributed by atoms with van der Waals surface area (Å²) in [4.78, 5) is 38.3. The van der Waals surface area contributed by atoms with Crippen LogP contribution in [-0.4, -0.2) is 73.6 Å². The number of carbonyl (C=O) groups is 3. The number of benzene rings is 2. The first-order valence-corrected chi connectivity index (χ1v) is 15.2. The molecule has 39 heavy (non-hydrogen) atoms. The molecule has 1 aliphatic carbocycles. The van der Waals surface area contributed by atoms with E-state index in [1.807, 2.05) is 30.3 Å². The van der Waals surface area contributed by atoms with Crippen molar-refractivity contribution in [3.05, 3.63) is 64.3 Å². The molecule has 2 aliphatic rings. The van der Waals surface area contributed by atoms with Crippen LogP contribution in [0, 0.1) is 0 Å². The fraction of sp³-hybridized carbons (Fsp3) is 0.333. The van der Waals surface area contributed by atoms with Crippen LogP contribution in [0.25, 0.3) is 16.6 Å². The highest BCUT2D eigenvalue weighted by Gasteiger charge is 2.33. The van der Waals surface area contributed by atoms with E-state index < -0.39 is 10.0 Å². The molecule has 3 aromatic rings. The van der Waals surface area contributed by atoms with Crippen LogP contribution in [0.4, 0.5) is 5.69 Å². The third kappa shape index (κ3) is 5.62. The number of sulfonamides is 1. The summed E-state index contributed by atoms with van der Waals surface area (Å²) in [5, 5.41) is 8.06. The Morgan fingerprint density at radius 2 is 1.87 bits per heavy atom. The minimum absolute atomic E-state index is 0.0107. The van der Waals surface area contributed by atoms with Crippen molar-refractivity contribution in [1.82, 2.24) is 20.0 Å². The number of halogens is 1. The second kappa shape index (κ2) is 10.6. The van der Waals surface area contributed by atoms with Crippen molar-refractivity contribution in [2.24, 2.45) is 0 Å². The monoisotopic (exact) mass is 613 g/mol. The van der Waals surface area contributed by atoms with E-state index in [1.54, 1.807) is 17.8 Å². The maximum atomic E-state index is 13.0. The zero-order valence-corrected chi connectivity index (χ0v) is 24.0. The second-order valence-electron chi connectivity index (χ2n) is 9.77. The summed E-state index contributed by atoms with van der Waals surface area (Å²) in [5.74, 6) is -0.552. The van der Waals surface area contributed by atoms with Gasteiger partial charge < -0.3 is 10.2 Å². The second-order valence-corrected chi connectivity index (χ2v) is 12.6. The zero-order chi connectivity index (χ0) is 27.9. The van der Waals surface area contributed by atoms with Crippen LogP contribution >= 0.6 is 15.9 Å². The predicted molar refractivity (Wildman–Crippen MR) is 152 cm³/mol. The van der Waals surface area contributed by atoms with Gasteiger partial charge >= 0.3 is 0 Å². The lowest BCUT2D eigenvalue weighted by Gasteiger charge is -2.27. The number of carbonyl (C=O) groups excluding carboxylic acids is 3. The minimum atomic E-state index is -3.69. The fourth-order valence-electron chi connectivity index (χ4n) is 4.83. The van der Waals surface area contributed by atoms with E-state index in [-0.39, 0.29) is 43.1 Å². The van der Waals surface area contributed by atoms with E-state index in [9.17, 15) is 22.8 Å². The van der Waals surface area contributed by atoms with Gasteiger partial charge in [0.15, 0.2) is 5.78 Å². The Bertz CT molecular complexity index is 1610. The lowest BCUT2D eigenvalue weighted by atomic mass is 10.0. The number of aromatic nitrogens is 2. The average molecular weight is 615 g/mol. The zero-order valence-electron chi connectivity index (χ0n) is 21.6. The summed E-state index contributed by atoms with van der Waals surface area (Å²) in [6.45, 7) is 0.367. The van der Waals surface area contributed by atoms with E-state index in [0.717, 1.165) is 29.1 Å². The fourth-order valence-corrected chi connectivity index (χ4v) is 6.07. The van der Waals surface area contributed by atoms with Gasteiger partial charge in [-0.15, -0.1) is 0 Å². The molecule has 0 radical (unpaired) electrons. The van der Waals surface area contributed by atoms with Crippen LogP contribution in [0.3, 0.4) is 0 Å². The first-order chi connectivity index (χ1) is 18.6. The predicted octanol–water partition coefficient (Wildman–Crippen LogP) is 3.15. The van der Waals surface area contributed by atoms with Gasteiger partial charge in [-0.25, -0.2) is 13.1 Å². The van der Waals surface area contributed by atoms with E-state index in [0.29, 0.717) is 34.4 Å². The Labute approximate surface area is 234 Å². The number of anilines is 1. The van der Waals surface area contributed by atoms with Crippen LogP contribution in [0.2, 0.25) is 0 Å². The van der Waals surface area contributed by atoms with Crippen LogP contribution in [0.1, 0.15) is 41.2 Å².